The van der Waals surface area contributed by atoms with Crippen LogP contribution >= 0.6 is 0 Å². The van der Waals surface area contributed by atoms with Gasteiger partial charge in [0.05, 0.1) is 12.3 Å². The highest BCUT2D eigenvalue weighted by Crippen LogP contribution is 2.25. The van der Waals surface area contributed by atoms with E-state index in [1.54, 1.807) is 12.1 Å². The van der Waals surface area contributed by atoms with Crippen LogP contribution in [0.2, 0.25) is 25.7 Å². The molecule has 25 heavy (non-hydrogen) atoms. The van der Waals surface area contributed by atoms with Gasteiger partial charge in [-0.05, 0) is 36.7 Å². The van der Waals surface area contributed by atoms with E-state index in [0.29, 0.717) is 17.9 Å². The predicted molar refractivity (Wildman–Crippen MR) is 105 cm³/mol. The zero-order valence-electron chi connectivity index (χ0n) is 15.8. The predicted octanol–water partition coefficient (Wildman–Crippen LogP) is 4.13. The molecule has 0 bridgehead atoms. The van der Waals surface area contributed by atoms with Gasteiger partial charge in [-0.1, -0.05) is 25.7 Å². The molecule has 2 N–H and O–H groups in total. The standard InChI is InChI=1S/C18H28N2O4Si/c1-13(17(21)22)11-14-7-8-15(20(2)3)12-16(14)19-18(23)24-9-10-25(4,5)6/h7-8,11-12H,9-10H2,1-6H3,(H,19,23)(H,21,22)/b13-11+. The van der Waals surface area contributed by atoms with Gasteiger partial charge < -0.3 is 14.7 Å². The summed E-state index contributed by atoms with van der Waals surface area (Å²) in [5.41, 5.74) is 2.22. The Hall–Kier alpha value is -2.28. The summed E-state index contributed by atoms with van der Waals surface area (Å²) in [5, 5.41) is 11.8. The van der Waals surface area contributed by atoms with Gasteiger partial charge in [0.15, 0.2) is 0 Å². The third-order valence-corrected chi connectivity index (χ3v) is 5.29. The van der Waals surface area contributed by atoms with E-state index in [1.165, 1.54) is 13.0 Å². The fraction of sp³-hybridized carbons (Fsp3) is 0.444. The minimum atomic E-state index is -1.27. The largest absolute Gasteiger partial charge is 0.478 e. The maximum Gasteiger partial charge on any atom is 0.411 e. The van der Waals surface area contributed by atoms with Gasteiger partial charge in [-0.3, -0.25) is 5.32 Å². The number of hydrogen-bond donors (Lipinski definition) is 2. The van der Waals surface area contributed by atoms with Crippen LogP contribution in [0.5, 0.6) is 0 Å². The second kappa shape index (κ2) is 8.71. The second-order valence-corrected chi connectivity index (χ2v) is 13.0. The van der Waals surface area contributed by atoms with E-state index in [0.717, 1.165) is 11.7 Å². The molecule has 0 heterocycles. The van der Waals surface area contributed by atoms with Crippen LogP contribution in [0.15, 0.2) is 23.8 Å². The molecule has 0 aromatic heterocycles. The van der Waals surface area contributed by atoms with Gasteiger partial charge in [-0.15, -0.1) is 0 Å². The van der Waals surface area contributed by atoms with E-state index in [9.17, 15) is 9.59 Å². The van der Waals surface area contributed by atoms with E-state index in [2.05, 4.69) is 25.0 Å². The van der Waals surface area contributed by atoms with E-state index in [-0.39, 0.29) is 5.57 Å². The van der Waals surface area contributed by atoms with Crippen molar-refractivity contribution in [1.82, 2.24) is 0 Å². The van der Waals surface area contributed by atoms with Crippen LogP contribution < -0.4 is 10.2 Å². The first-order chi connectivity index (χ1) is 11.5. The lowest BCUT2D eigenvalue weighted by Crippen LogP contribution is -2.24. The average molecular weight is 365 g/mol. The zero-order chi connectivity index (χ0) is 19.2. The van der Waals surface area contributed by atoms with Crippen LogP contribution in [-0.2, 0) is 9.53 Å². The van der Waals surface area contributed by atoms with Crippen LogP contribution in [0.4, 0.5) is 16.2 Å². The van der Waals surface area contributed by atoms with Gasteiger partial charge in [0.1, 0.15) is 0 Å². The summed E-state index contributed by atoms with van der Waals surface area (Å²) < 4.78 is 5.26. The van der Waals surface area contributed by atoms with Crippen molar-refractivity contribution in [2.75, 3.05) is 30.9 Å². The van der Waals surface area contributed by atoms with Crippen LogP contribution in [0.3, 0.4) is 0 Å². The van der Waals surface area contributed by atoms with Gasteiger partial charge >= 0.3 is 12.1 Å². The maximum absolute atomic E-state index is 12.1. The first kappa shape index (κ1) is 20.8. The van der Waals surface area contributed by atoms with Gasteiger partial charge in [0.2, 0.25) is 0 Å². The summed E-state index contributed by atoms with van der Waals surface area (Å²) in [7, 11) is 2.51. The van der Waals surface area contributed by atoms with Crippen LogP contribution in [-0.4, -0.2) is 45.9 Å². The van der Waals surface area contributed by atoms with Crippen molar-refractivity contribution in [3.8, 4) is 0 Å². The van der Waals surface area contributed by atoms with Crippen LogP contribution in [0.1, 0.15) is 12.5 Å². The van der Waals surface area contributed by atoms with Crippen LogP contribution in [0, 0.1) is 0 Å². The molecular weight excluding hydrogens is 336 g/mol. The van der Waals surface area contributed by atoms with E-state index < -0.39 is 20.1 Å². The molecule has 0 saturated heterocycles. The molecule has 0 saturated carbocycles. The Balaban J connectivity index is 2.97. The molecule has 0 spiro atoms. The quantitative estimate of drug-likeness (QED) is 0.562. The van der Waals surface area contributed by atoms with Crippen molar-refractivity contribution in [1.29, 1.82) is 0 Å². The highest BCUT2D eigenvalue weighted by Gasteiger charge is 2.15. The molecule has 0 radical (unpaired) electrons. The van der Waals surface area contributed by atoms with Gasteiger partial charge in [-0.25, -0.2) is 9.59 Å². The number of carbonyl (C=O) groups is 2. The lowest BCUT2D eigenvalue weighted by molar-refractivity contribution is -0.132. The van der Waals surface area contributed by atoms with Gasteiger partial charge in [0, 0.05) is 33.4 Å². The Bertz CT molecular complexity index is 664. The topological polar surface area (TPSA) is 78.9 Å². The van der Waals surface area contributed by atoms with Gasteiger partial charge in [-0.2, -0.15) is 0 Å². The summed E-state index contributed by atoms with van der Waals surface area (Å²) in [4.78, 5) is 25.0. The van der Waals surface area contributed by atoms with E-state index >= 15 is 0 Å². The number of amides is 1. The Morgan fingerprint density at radius 3 is 2.44 bits per heavy atom. The molecule has 1 rings (SSSR count). The normalized spacial score (nSPS) is 11.8. The Kier molecular flexibility index (Phi) is 7.23. The zero-order valence-corrected chi connectivity index (χ0v) is 16.8. The highest BCUT2D eigenvalue weighted by molar-refractivity contribution is 6.76. The molecule has 1 aromatic rings. The summed E-state index contributed by atoms with van der Waals surface area (Å²) in [6.07, 6.45) is 0.996. The molecule has 0 unspecified atom stereocenters. The van der Waals surface area contributed by atoms with Crippen molar-refractivity contribution >= 4 is 37.6 Å². The number of carboxylic acid groups (broad SMARTS) is 1. The number of hydrogen-bond acceptors (Lipinski definition) is 4. The molecule has 1 amide bonds. The molecule has 0 aliphatic rings. The fourth-order valence-electron chi connectivity index (χ4n) is 1.95. The number of carbonyl (C=O) groups excluding carboxylic acids is 1. The number of rotatable bonds is 7. The summed E-state index contributed by atoms with van der Waals surface area (Å²) in [6, 6.07) is 6.33. The second-order valence-electron chi connectivity index (χ2n) is 7.37. The number of carboxylic acids is 1. The Labute approximate surface area is 150 Å². The van der Waals surface area contributed by atoms with Crippen LogP contribution in [0.25, 0.3) is 6.08 Å². The lowest BCUT2D eigenvalue weighted by Gasteiger charge is -2.18. The number of nitrogens with zero attached hydrogens (tertiary/aromatic N) is 1. The Morgan fingerprint density at radius 2 is 1.92 bits per heavy atom. The molecule has 1 aromatic carbocycles. The van der Waals surface area contributed by atoms with E-state index in [4.69, 9.17) is 9.84 Å². The molecule has 7 heteroatoms. The molecule has 6 nitrogen and oxygen atoms in total. The maximum atomic E-state index is 12.1. The average Bonchev–Trinajstić information content (AvgIpc) is 2.47. The van der Waals surface area contributed by atoms with Crippen molar-refractivity contribution in [2.45, 2.75) is 32.6 Å². The molecule has 138 valence electrons. The Morgan fingerprint density at radius 1 is 1.28 bits per heavy atom. The number of benzene rings is 1. The van der Waals surface area contributed by atoms with Gasteiger partial charge in [0.25, 0.3) is 0 Å². The minimum Gasteiger partial charge on any atom is -0.478 e. The first-order valence-electron chi connectivity index (χ1n) is 8.16. The number of nitrogens with one attached hydrogen (secondary N) is 1. The number of aliphatic carboxylic acids is 1. The highest BCUT2D eigenvalue weighted by atomic mass is 28.3. The first-order valence-corrected chi connectivity index (χ1v) is 11.9. The number of ether oxygens (including phenoxy) is 1. The van der Waals surface area contributed by atoms with Crippen molar-refractivity contribution < 1.29 is 19.4 Å². The molecule has 0 aliphatic heterocycles. The third kappa shape index (κ3) is 7.43. The molecule has 0 fully saturated rings. The SMILES string of the molecule is C/C(=C\c1ccc(N(C)C)cc1NC(=O)OCC[Si](C)(C)C)C(=O)O. The molecular formula is C18H28N2O4Si. The summed E-state index contributed by atoms with van der Waals surface area (Å²) in [5.74, 6) is -1.000. The van der Waals surface area contributed by atoms with E-state index in [1.807, 2.05) is 25.1 Å². The minimum absolute atomic E-state index is 0.188. The lowest BCUT2D eigenvalue weighted by atomic mass is 10.1. The summed E-state index contributed by atoms with van der Waals surface area (Å²) >= 11 is 0. The van der Waals surface area contributed by atoms with Crippen molar-refractivity contribution in [3.63, 3.8) is 0 Å². The van der Waals surface area contributed by atoms with Crippen molar-refractivity contribution in [2.24, 2.45) is 0 Å². The fourth-order valence-corrected chi connectivity index (χ4v) is 2.66. The molecule has 0 atom stereocenters. The monoisotopic (exact) mass is 364 g/mol. The number of anilines is 2. The van der Waals surface area contributed by atoms with Crippen molar-refractivity contribution in [3.05, 3.63) is 29.3 Å². The smallest absolute Gasteiger partial charge is 0.411 e. The third-order valence-electron chi connectivity index (χ3n) is 3.58. The molecule has 0 aliphatic carbocycles. The summed E-state index contributed by atoms with van der Waals surface area (Å²) in [6.45, 7) is 8.54.